The third kappa shape index (κ3) is 7.51. The second kappa shape index (κ2) is 11.4. The zero-order valence-corrected chi connectivity index (χ0v) is 19.6. The summed E-state index contributed by atoms with van der Waals surface area (Å²) >= 11 is 0. The van der Waals surface area contributed by atoms with Crippen LogP contribution in [0.15, 0.2) is 59.6 Å². The van der Waals surface area contributed by atoms with Crippen LogP contribution >= 0.6 is 24.0 Å². The molecule has 5 nitrogen and oxygen atoms in total. The Morgan fingerprint density at radius 3 is 2.48 bits per heavy atom. The van der Waals surface area contributed by atoms with Gasteiger partial charge in [0, 0.05) is 12.1 Å². The summed E-state index contributed by atoms with van der Waals surface area (Å²) in [6.45, 7) is 6.25. The van der Waals surface area contributed by atoms with Crippen LogP contribution in [0.5, 0.6) is 5.75 Å². The molecule has 0 bridgehead atoms. The fourth-order valence-corrected chi connectivity index (χ4v) is 2.93. The first-order valence-corrected chi connectivity index (χ1v) is 10.1. The SMILES string of the molecule is CCNC(=NCc1ccccc1OCC1CC1)NCC(C)(O)c1ccccc1.I. The lowest BCUT2D eigenvalue weighted by Crippen LogP contribution is -2.44. The topological polar surface area (TPSA) is 65.9 Å². The van der Waals surface area contributed by atoms with Crippen molar-refractivity contribution in [3.63, 3.8) is 0 Å². The van der Waals surface area contributed by atoms with E-state index in [2.05, 4.69) is 21.7 Å². The molecule has 0 radical (unpaired) electrons. The van der Waals surface area contributed by atoms with Crippen molar-refractivity contribution in [2.45, 2.75) is 38.8 Å². The standard InChI is InChI=1S/C23H31N3O2.HI/c1-3-24-22(26-17-23(2,27)20-10-5-4-6-11-20)25-15-19-9-7-8-12-21(19)28-16-18-13-14-18;/h4-12,18,27H,3,13-17H2,1-2H3,(H2,24,25,26);1H. The molecule has 158 valence electrons. The molecule has 1 aliphatic rings. The van der Waals surface area contributed by atoms with E-state index in [4.69, 9.17) is 4.74 Å². The third-order valence-corrected chi connectivity index (χ3v) is 4.89. The van der Waals surface area contributed by atoms with Crippen molar-refractivity contribution >= 4 is 29.9 Å². The molecule has 6 heteroatoms. The van der Waals surface area contributed by atoms with Gasteiger partial charge in [-0.2, -0.15) is 0 Å². The highest BCUT2D eigenvalue weighted by Gasteiger charge is 2.23. The largest absolute Gasteiger partial charge is 0.493 e. The second-order valence-electron chi connectivity index (χ2n) is 7.55. The highest BCUT2D eigenvalue weighted by molar-refractivity contribution is 14.0. The number of aliphatic imine (C=N–C) groups is 1. The summed E-state index contributed by atoms with van der Waals surface area (Å²) in [6, 6.07) is 17.7. The van der Waals surface area contributed by atoms with E-state index >= 15 is 0 Å². The number of halogens is 1. The van der Waals surface area contributed by atoms with Gasteiger partial charge in [-0.3, -0.25) is 0 Å². The van der Waals surface area contributed by atoms with Crippen molar-refractivity contribution in [2.75, 3.05) is 19.7 Å². The van der Waals surface area contributed by atoms with Gasteiger partial charge in [0.2, 0.25) is 0 Å². The number of para-hydroxylation sites is 1. The van der Waals surface area contributed by atoms with E-state index in [0.717, 1.165) is 35.9 Å². The average molecular weight is 509 g/mol. The van der Waals surface area contributed by atoms with E-state index in [0.29, 0.717) is 19.0 Å². The molecule has 0 heterocycles. The molecule has 0 spiro atoms. The monoisotopic (exact) mass is 509 g/mol. The Hall–Kier alpha value is -1.80. The Morgan fingerprint density at radius 2 is 1.79 bits per heavy atom. The first-order valence-electron chi connectivity index (χ1n) is 10.1. The number of rotatable bonds is 9. The number of hydrogen-bond donors (Lipinski definition) is 3. The minimum atomic E-state index is -0.983. The summed E-state index contributed by atoms with van der Waals surface area (Å²) < 4.78 is 5.98. The van der Waals surface area contributed by atoms with Gasteiger partial charge in [0.25, 0.3) is 0 Å². The molecular formula is C23H32IN3O2. The highest BCUT2D eigenvalue weighted by Crippen LogP contribution is 2.30. The Morgan fingerprint density at radius 1 is 1.10 bits per heavy atom. The summed E-state index contributed by atoms with van der Waals surface area (Å²) in [5, 5.41) is 17.3. The fourth-order valence-electron chi connectivity index (χ4n) is 2.93. The zero-order valence-electron chi connectivity index (χ0n) is 17.2. The molecule has 1 saturated carbocycles. The van der Waals surface area contributed by atoms with E-state index < -0.39 is 5.60 Å². The van der Waals surface area contributed by atoms with Crippen LogP contribution in [0.3, 0.4) is 0 Å². The van der Waals surface area contributed by atoms with Crippen LogP contribution in [0.1, 0.15) is 37.8 Å². The van der Waals surface area contributed by atoms with Crippen molar-refractivity contribution in [1.82, 2.24) is 10.6 Å². The van der Waals surface area contributed by atoms with Crippen LogP contribution in [-0.2, 0) is 12.1 Å². The van der Waals surface area contributed by atoms with Crippen LogP contribution in [0, 0.1) is 5.92 Å². The summed E-state index contributed by atoms with van der Waals surface area (Å²) in [7, 11) is 0. The Kier molecular flexibility index (Phi) is 9.23. The van der Waals surface area contributed by atoms with E-state index in [9.17, 15) is 5.11 Å². The number of hydrogen-bond acceptors (Lipinski definition) is 3. The predicted molar refractivity (Wildman–Crippen MR) is 129 cm³/mol. The molecule has 0 saturated heterocycles. The van der Waals surface area contributed by atoms with Gasteiger partial charge in [0.05, 0.1) is 19.7 Å². The van der Waals surface area contributed by atoms with Crippen LogP contribution in [-0.4, -0.2) is 30.8 Å². The fraction of sp³-hybridized carbons (Fsp3) is 0.435. The summed E-state index contributed by atoms with van der Waals surface area (Å²) in [6.07, 6.45) is 2.55. The first-order chi connectivity index (χ1) is 13.6. The Balaban J connectivity index is 0.00000300. The van der Waals surface area contributed by atoms with Crippen LogP contribution in [0.2, 0.25) is 0 Å². The number of nitrogens with one attached hydrogen (secondary N) is 2. The molecule has 1 unspecified atom stereocenters. The second-order valence-corrected chi connectivity index (χ2v) is 7.55. The molecule has 3 rings (SSSR count). The van der Waals surface area contributed by atoms with Gasteiger partial charge in [-0.1, -0.05) is 48.5 Å². The molecule has 1 atom stereocenters. The molecular weight excluding hydrogens is 477 g/mol. The van der Waals surface area contributed by atoms with Gasteiger partial charge in [-0.05, 0) is 44.2 Å². The molecule has 2 aromatic rings. The maximum atomic E-state index is 10.8. The molecule has 0 amide bonds. The van der Waals surface area contributed by atoms with Crippen LogP contribution < -0.4 is 15.4 Å². The summed E-state index contributed by atoms with van der Waals surface area (Å²) in [5.74, 6) is 2.30. The van der Waals surface area contributed by atoms with Gasteiger partial charge in [0.15, 0.2) is 5.96 Å². The Bertz CT molecular complexity index is 777. The molecule has 1 aliphatic carbocycles. The highest BCUT2D eigenvalue weighted by atomic mass is 127. The Labute approximate surface area is 191 Å². The lowest BCUT2D eigenvalue weighted by molar-refractivity contribution is 0.0617. The van der Waals surface area contributed by atoms with Gasteiger partial charge >= 0.3 is 0 Å². The molecule has 0 aliphatic heterocycles. The molecule has 0 aromatic heterocycles. The quantitative estimate of drug-likeness (QED) is 0.271. The number of guanidine groups is 1. The van der Waals surface area contributed by atoms with E-state index in [1.54, 1.807) is 6.92 Å². The first kappa shape index (κ1) is 23.5. The normalized spacial score (nSPS) is 15.8. The minimum Gasteiger partial charge on any atom is -0.493 e. The van der Waals surface area contributed by atoms with Crippen molar-refractivity contribution in [3.05, 3.63) is 65.7 Å². The van der Waals surface area contributed by atoms with Crippen molar-refractivity contribution < 1.29 is 9.84 Å². The molecule has 1 fully saturated rings. The number of nitrogens with zero attached hydrogens (tertiary/aromatic N) is 1. The summed E-state index contributed by atoms with van der Waals surface area (Å²) in [4.78, 5) is 4.69. The minimum absolute atomic E-state index is 0. The van der Waals surface area contributed by atoms with Gasteiger partial charge in [-0.15, -0.1) is 24.0 Å². The molecule has 3 N–H and O–H groups in total. The predicted octanol–water partition coefficient (Wildman–Crippen LogP) is 4.06. The smallest absolute Gasteiger partial charge is 0.191 e. The lowest BCUT2D eigenvalue weighted by atomic mass is 9.96. The number of ether oxygens (including phenoxy) is 1. The van der Waals surface area contributed by atoms with Crippen molar-refractivity contribution in [2.24, 2.45) is 10.9 Å². The van der Waals surface area contributed by atoms with Crippen molar-refractivity contribution in [1.29, 1.82) is 0 Å². The number of benzene rings is 2. The maximum absolute atomic E-state index is 10.8. The molecule has 29 heavy (non-hydrogen) atoms. The van der Waals surface area contributed by atoms with Gasteiger partial charge < -0.3 is 20.5 Å². The number of aliphatic hydroxyl groups is 1. The summed E-state index contributed by atoms with van der Waals surface area (Å²) in [5.41, 5.74) is 0.954. The van der Waals surface area contributed by atoms with E-state index in [1.807, 2.05) is 55.5 Å². The molecule has 2 aromatic carbocycles. The van der Waals surface area contributed by atoms with Gasteiger partial charge in [0.1, 0.15) is 11.4 Å². The van der Waals surface area contributed by atoms with E-state index in [-0.39, 0.29) is 24.0 Å². The lowest BCUT2D eigenvalue weighted by Gasteiger charge is -2.25. The van der Waals surface area contributed by atoms with Crippen LogP contribution in [0.25, 0.3) is 0 Å². The van der Waals surface area contributed by atoms with E-state index in [1.165, 1.54) is 12.8 Å². The van der Waals surface area contributed by atoms with Gasteiger partial charge in [-0.25, -0.2) is 4.99 Å². The third-order valence-electron chi connectivity index (χ3n) is 4.89. The average Bonchev–Trinajstić information content (AvgIpc) is 3.54. The zero-order chi connectivity index (χ0) is 19.8. The van der Waals surface area contributed by atoms with Crippen LogP contribution in [0.4, 0.5) is 0 Å². The van der Waals surface area contributed by atoms with Crippen molar-refractivity contribution in [3.8, 4) is 5.75 Å². The maximum Gasteiger partial charge on any atom is 0.191 e.